The van der Waals surface area contributed by atoms with E-state index in [-0.39, 0.29) is 5.41 Å². The van der Waals surface area contributed by atoms with Crippen molar-refractivity contribution in [2.24, 2.45) is 0 Å². The summed E-state index contributed by atoms with van der Waals surface area (Å²) in [4.78, 5) is 11.8. The predicted octanol–water partition coefficient (Wildman–Crippen LogP) is 3.51. The minimum Gasteiger partial charge on any atom is -0.478 e. The first kappa shape index (κ1) is 10.7. The molecule has 0 radical (unpaired) electrons. The SMILES string of the molecule is CC(C)(C)c1scc(Br)c1C(=O)O. The summed E-state index contributed by atoms with van der Waals surface area (Å²) in [5.74, 6) is -0.863. The zero-order valence-electron chi connectivity index (χ0n) is 7.72. The maximum Gasteiger partial charge on any atom is 0.338 e. The van der Waals surface area contributed by atoms with E-state index in [0.717, 1.165) is 4.88 Å². The number of carbonyl (C=O) groups is 1. The highest BCUT2D eigenvalue weighted by Crippen LogP contribution is 2.36. The third-order valence-electron chi connectivity index (χ3n) is 1.64. The Morgan fingerprint density at radius 3 is 2.38 bits per heavy atom. The van der Waals surface area contributed by atoms with Crippen molar-refractivity contribution in [3.8, 4) is 0 Å². The molecule has 0 aliphatic carbocycles. The number of carboxylic acids is 1. The summed E-state index contributed by atoms with van der Waals surface area (Å²) in [6, 6.07) is 0. The van der Waals surface area contributed by atoms with E-state index in [0.29, 0.717) is 10.0 Å². The normalized spacial score (nSPS) is 11.7. The van der Waals surface area contributed by atoms with Crippen LogP contribution in [-0.4, -0.2) is 11.1 Å². The smallest absolute Gasteiger partial charge is 0.338 e. The average molecular weight is 263 g/mol. The Morgan fingerprint density at radius 2 is 2.08 bits per heavy atom. The maximum absolute atomic E-state index is 10.9. The van der Waals surface area contributed by atoms with E-state index in [4.69, 9.17) is 5.11 Å². The summed E-state index contributed by atoms with van der Waals surface area (Å²) in [6.45, 7) is 6.03. The van der Waals surface area contributed by atoms with Gasteiger partial charge < -0.3 is 5.11 Å². The molecule has 1 heterocycles. The van der Waals surface area contributed by atoms with Crippen molar-refractivity contribution in [3.63, 3.8) is 0 Å². The Labute approximate surface area is 89.7 Å². The van der Waals surface area contributed by atoms with Crippen LogP contribution in [0.3, 0.4) is 0 Å². The minimum atomic E-state index is -0.863. The van der Waals surface area contributed by atoms with Gasteiger partial charge in [-0.05, 0) is 21.3 Å². The molecule has 0 amide bonds. The number of hydrogen-bond donors (Lipinski definition) is 1. The van der Waals surface area contributed by atoms with Gasteiger partial charge in [0.05, 0.1) is 5.56 Å². The molecule has 0 bridgehead atoms. The lowest BCUT2D eigenvalue weighted by molar-refractivity contribution is 0.0694. The molecule has 72 valence electrons. The third kappa shape index (κ3) is 2.11. The Morgan fingerprint density at radius 1 is 1.54 bits per heavy atom. The summed E-state index contributed by atoms with van der Waals surface area (Å²) < 4.78 is 0.676. The van der Waals surface area contributed by atoms with Gasteiger partial charge in [0.2, 0.25) is 0 Å². The van der Waals surface area contributed by atoms with E-state index in [1.54, 1.807) is 0 Å². The van der Waals surface area contributed by atoms with Crippen molar-refractivity contribution in [1.82, 2.24) is 0 Å². The lowest BCUT2D eigenvalue weighted by Crippen LogP contribution is -2.14. The first-order valence-corrected chi connectivity index (χ1v) is 5.52. The number of aromatic carboxylic acids is 1. The van der Waals surface area contributed by atoms with Crippen LogP contribution in [-0.2, 0) is 5.41 Å². The van der Waals surface area contributed by atoms with E-state index >= 15 is 0 Å². The standard InChI is InChI=1S/C9H11BrO2S/c1-9(2,3)7-6(8(11)12)5(10)4-13-7/h4H,1-3H3,(H,11,12). The molecule has 0 aromatic carbocycles. The Bertz CT molecular complexity index is 336. The second-order valence-corrected chi connectivity index (χ2v) is 5.58. The number of thiophene rings is 1. The summed E-state index contributed by atoms with van der Waals surface area (Å²) in [6.07, 6.45) is 0. The summed E-state index contributed by atoms with van der Waals surface area (Å²) in [7, 11) is 0. The molecule has 1 N–H and O–H groups in total. The van der Waals surface area contributed by atoms with Crippen molar-refractivity contribution in [2.75, 3.05) is 0 Å². The van der Waals surface area contributed by atoms with Crippen LogP contribution in [0.5, 0.6) is 0 Å². The van der Waals surface area contributed by atoms with E-state index in [9.17, 15) is 4.79 Å². The molecule has 1 aromatic rings. The van der Waals surface area contributed by atoms with Crippen molar-refractivity contribution in [2.45, 2.75) is 26.2 Å². The van der Waals surface area contributed by atoms with Crippen LogP contribution in [0, 0.1) is 0 Å². The molecular formula is C9H11BrO2S. The second-order valence-electron chi connectivity index (χ2n) is 3.84. The largest absolute Gasteiger partial charge is 0.478 e. The first-order chi connectivity index (χ1) is 5.84. The van der Waals surface area contributed by atoms with Crippen LogP contribution < -0.4 is 0 Å². The Kier molecular flexibility index (Phi) is 2.82. The van der Waals surface area contributed by atoms with Crippen molar-refractivity contribution in [1.29, 1.82) is 0 Å². The fraction of sp³-hybridized carbons (Fsp3) is 0.444. The summed E-state index contributed by atoms with van der Waals surface area (Å²) >= 11 is 4.72. The summed E-state index contributed by atoms with van der Waals surface area (Å²) in [5, 5.41) is 10.8. The number of hydrogen-bond acceptors (Lipinski definition) is 2. The monoisotopic (exact) mass is 262 g/mol. The van der Waals surface area contributed by atoms with E-state index < -0.39 is 5.97 Å². The molecule has 0 aliphatic rings. The minimum absolute atomic E-state index is 0.107. The van der Waals surface area contributed by atoms with E-state index in [1.807, 2.05) is 26.2 Å². The summed E-state index contributed by atoms with van der Waals surface area (Å²) in [5.41, 5.74) is 0.294. The molecular weight excluding hydrogens is 252 g/mol. The van der Waals surface area contributed by atoms with Crippen LogP contribution in [0.4, 0.5) is 0 Å². The predicted molar refractivity (Wildman–Crippen MR) is 57.7 cm³/mol. The maximum atomic E-state index is 10.9. The quantitative estimate of drug-likeness (QED) is 0.841. The van der Waals surface area contributed by atoms with Gasteiger partial charge in [0.1, 0.15) is 0 Å². The lowest BCUT2D eigenvalue weighted by atomic mass is 9.92. The number of carboxylic acid groups (broad SMARTS) is 1. The molecule has 4 heteroatoms. The zero-order chi connectivity index (χ0) is 10.2. The molecule has 13 heavy (non-hydrogen) atoms. The first-order valence-electron chi connectivity index (χ1n) is 3.85. The number of halogens is 1. The van der Waals surface area contributed by atoms with Crippen molar-refractivity contribution < 1.29 is 9.90 Å². The molecule has 1 rings (SSSR count). The second kappa shape index (κ2) is 3.42. The fourth-order valence-corrected chi connectivity index (χ4v) is 2.88. The molecule has 0 saturated heterocycles. The average Bonchev–Trinajstić information content (AvgIpc) is 2.28. The highest BCUT2D eigenvalue weighted by Gasteiger charge is 2.25. The van der Waals surface area contributed by atoms with Crippen LogP contribution >= 0.6 is 27.3 Å². The Hall–Kier alpha value is -0.350. The van der Waals surface area contributed by atoms with Crippen LogP contribution in [0.1, 0.15) is 36.0 Å². The molecule has 0 aliphatic heterocycles. The van der Waals surface area contributed by atoms with Gasteiger partial charge in [-0.15, -0.1) is 11.3 Å². The molecule has 0 fully saturated rings. The molecule has 0 atom stereocenters. The highest BCUT2D eigenvalue weighted by atomic mass is 79.9. The highest BCUT2D eigenvalue weighted by molar-refractivity contribution is 9.10. The molecule has 0 spiro atoms. The van der Waals surface area contributed by atoms with Crippen molar-refractivity contribution >= 4 is 33.2 Å². The molecule has 0 saturated carbocycles. The van der Waals surface area contributed by atoms with Gasteiger partial charge in [-0.3, -0.25) is 0 Å². The van der Waals surface area contributed by atoms with Crippen molar-refractivity contribution in [3.05, 3.63) is 20.3 Å². The van der Waals surface area contributed by atoms with Crippen LogP contribution in [0.2, 0.25) is 0 Å². The molecule has 0 unspecified atom stereocenters. The van der Waals surface area contributed by atoms with Gasteiger partial charge in [-0.2, -0.15) is 0 Å². The zero-order valence-corrected chi connectivity index (χ0v) is 10.1. The van der Waals surface area contributed by atoms with Gasteiger partial charge >= 0.3 is 5.97 Å². The molecule has 2 nitrogen and oxygen atoms in total. The van der Waals surface area contributed by atoms with E-state index in [1.165, 1.54) is 11.3 Å². The topological polar surface area (TPSA) is 37.3 Å². The van der Waals surface area contributed by atoms with Gasteiger partial charge in [0.25, 0.3) is 0 Å². The van der Waals surface area contributed by atoms with Gasteiger partial charge in [0, 0.05) is 14.7 Å². The van der Waals surface area contributed by atoms with E-state index in [2.05, 4.69) is 15.9 Å². The number of rotatable bonds is 1. The van der Waals surface area contributed by atoms with Crippen LogP contribution in [0.15, 0.2) is 9.85 Å². The van der Waals surface area contributed by atoms with Gasteiger partial charge in [-0.1, -0.05) is 20.8 Å². The van der Waals surface area contributed by atoms with Crippen LogP contribution in [0.25, 0.3) is 0 Å². The van der Waals surface area contributed by atoms with Gasteiger partial charge in [0.15, 0.2) is 0 Å². The third-order valence-corrected chi connectivity index (χ3v) is 3.98. The Balaban J connectivity index is 3.31. The van der Waals surface area contributed by atoms with Gasteiger partial charge in [-0.25, -0.2) is 4.79 Å². The fourth-order valence-electron chi connectivity index (χ4n) is 1.09. The molecule has 1 aromatic heterocycles. The lowest BCUT2D eigenvalue weighted by Gasteiger charge is -2.17.